The summed E-state index contributed by atoms with van der Waals surface area (Å²) in [6.45, 7) is 8.46. The number of nitrogens with two attached hydrogens (primary N) is 1. The fourth-order valence-corrected chi connectivity index (χ4v) is 4.13. The molecule has 1 heterocycles. The van der Waals surface area contributed by atoms with Gasteiger partial charge in [0.2, 0.25) is 0 Å². The molecule has 0 fully saturated rings. The molecule has 0 radical (unpaired) electrons. The first-order chi connectivity index (χ1) is 17.7. The van der Waals surface area contributed by atoms with Gasteiger partial charge in [-0.2, -0.15) is 5.10 Å². The van der Waals surface area contributed by atoms with Crippen LogP contribution < -0.4 is 25.3 Å². The minimum atomic E-state index is 0.525. The molecule has 1 aromatic heterocycles. The molecule has 0 unspecified atom stereocenters. The summed E-state index contributed by atoms with van der Waals surface area (Å²) in [5, 5.41) is 11.2. The van der Waals surface area contributed by atoms with Crippen molar-refractivity contribution in [1.29, 1.82) is 0 Å². The molecule has 36 heavy (non-hydrogen) atoms. The van der Waals surface area contributed by atoms with E-state index < -0.39 is 0 Å². The van der Waals surface area contributed by atoms with Gasteiger partial charge in [0.25, 0.3) is 0 Å². The Bertz CT molecular complexity index is 1120. The molecular weight excluding hydrogens is 460 g/mol. The Hall–Kier alpha value is -3.27. The van der Waals surface area contributed by atoms with Gasteiger partial charge >= 0.3 is 0 Å². The number of hydrogen-bond acceptors (Lipinski definition) is 8. The van der Waals surface area contributed by atoms with Gasteiger partial charge in [0.15, 0.2) is 11.5 Å². The number of rotatable bonds is 16. The van der Waals surface area contributed by atoms with E-state index in [1.807, 2.05) is 44.2 Å². The van der Waals surface area contributed by atoms with Crippen LogP contribution in [0, 0.1) is 0 Å². The van der Waals surface area contributed by atoms with Gasteiger partial charge in [0.05, 0.1) is 45.3 Å². The van der Waals surface area contributed by atoms with Crippen LogP contribution in [0.2, 0.25) is 0 Å². The quantitative estimate of drug-likeness (QED) is 0.197. The van der Waals surface area contributed by atoms with E-state index in [2.05, 4.69) is 21.6 Å². The van der Waals surface area contributed by atoms with Gasteiger partial charge < -0.3 is 34.7 Å². The number of hydrogen-bond donors (Lipinski definition) is 3. The van der Waals surface area contributed by atoms with Crippen molar-refractivity contribution in [1.82, 2.24) is 10.2 Å². The number of benzene rings is 2. The third-order valence-corrected chi connectivity index (χ3v) is 5.70. The highest BCUT2D eigenvalue weighted by Crippen LogP contribution is 2.44. The first-order valence-electron chi connectivity index (χ1n) is 12.6. The average molecular weight is 497 g/mol. The van der Waals surface area contributed by atoms with Crippen LogP contribution in [-0.4, -0.2) is 63.0 Å². The standard InChI is InChI=1S/C27H36N4O5/c1-3-34-21-8-5-7-20(17-21)29-27-23-15-19-16-24(35-4-2)25(18-22(19)26(23)30-31-27)36-11-6-10-32-13-14-33-12-9-28/h5,7-8,16-18H,3-4,6,9-15,28H2,1-2H3,(H2,29,30,31). The largest absolute Gasteiger partial charge is 0.494 e. The molecule has 194 valence electrons. The minimum absolute atomic E-state index is 0.525. The summed E-state index contributed by atoms with van der Waals surface area (Å²) in [5.41, 5.74) is 10.6. The lowest BCUT2D eigenvalue weighted by molar-refractivity contribution is 0.0462. The number of anilines is 2. The van der Waals surface area contributed by atoms with Crippen LogP contribution in [0.4, 0.5) is 11.5 Å². The number of nitrogens with zero attached hydrogens (tertiary/aromatic N) is 1. The van der Waals surface area contributed by atoms with E-state index in [0.717, 1.165) is 58.4 Å². The van der Waals surface area contributed by atoms with Crippen molar-refractivity contribution in [2.75, 3.05) is 58.1 Å². The molecule has 1 aliphatic rings. The topological polar surface area (TPSA) is 113 Å². The van der Waals surface area contributed by atoms with Crippen LogP contribution in [0.1, 0.15) is 31.4 Å². The Morgan fingerprint density at radius 3 is 2.53 bits per heavy atom. The Morgan fingerprint density at radius 2 is 1.72 bits per heavy atom. The Labute approximate surface area is 212 Å². The Balaban J connectivity index is 1.40. The van der Waals surface area contributed by atoms with Crippen molar-refractivity contribution in [2.24, 2.45) is 5.73 Å². The van der Waals surface area contributed by atoms with Crippen molar-refractivity contribution >= 4 is 11.5 Å². The first-order valence-corrected chi connectivity index (χ1v) is 12.6. The van der Waals surface area contributed by atoms with E-state index in [-0.39, 0.29) is 0 Å². The fraction of sp³-hybridized carbons (Fsp3) is 0.444. The van der Waals surface area contributed by atoms with Gasteiger partial charge in [0, 0.05) is 48.9 Å². The molecule has 0 saturated heterocycles. The predicted molar refractivity (Wildman–Crippen MR) is 140 cm³/mol. The molecule has 9 nitrogen and oxygen atoms in total. The maximum absolute atomic E-state index is 6.09. The smallest absolute Gasteiger partial charge is 0.161 e. The summed E-state index contributed by atoms with van der Waals surface area (Å²) in [5.74, 6) is 3.18. The van der Waals surface area contributed by atoms with Crippen LogP contribution in [0.5, 0.6) is 17.2 Å². The lowest BCUT2D eigenvalue weighted by Crippen LogP contribution is -2.13. The van der Waals surface area contributed by atoms with Gasteiger partial charge in [-0.3, -0.25) is 5.10 Å². The van der Waals surface area contributed by atoms with Crippen molar-refractivity contribution in [3.05, 3.63) is 47.5 Å². The van der Waals surface area contributed by atoms with Crippen LogP contribution in [0.3, 0.4) is 0 Å². The molecule has 0 bridgehead atoms. The number of fused-ring (bicyclic) bond motifs is 3. The maximum Gasteiger partial charge on any atom is 0.161 e. The van der Waals surface area contributed by atoms with Gasteiger partial charge in [-0.25, -0.2) is 0 Å². The monoisotopic (exact) mass is 496 g/mol. The SMILES string of the molecule is CCOc1cccc(Nc2[nH]nc3c2Cc2cc(OCC)c(OCCCOCCOCCN)cc2-3)c1. The zero-order valence-corrected chi connectivity index (χ0v) is 21.1. The van der Waals surface area contributed by atoms with Gasteiger partial charge in [-0.05, 0) is 43.7 Å². The third-order valence-electron chi connectivity index (χ3n) is 5.70. The van der Waals surface area contributed by atoms with Crippen LogP contribution in [0.25, 0.3) is 11.3 Å². The minimum Gasteiger partial charge on any atom is -0.494 e. The van der Waals surface area contributed by atoms with Gasteiger partial charge in [0.1, 0.15) is 11.6 Å². The molecule has 4 rings (SSSR count). The Kier molecular flexibility index (Phi) is 9.43. The zero-order chi connectivity index (χ0) is 25.2. The second-order valence-corrected chi connectivity index (χ2v) is 8.29. The number of H-pyrrole nitrogens is 1. The van der Waals surface area contributed by atoms with Gasteiger partial charge in [-0.1, -0.05) is 6.07 Å². The maximum atomic E-state index is 6.09. The highest BCUT2D eigenvalue weighted by Gasteiger charge is 2.27. The predicted octanol–water partition coefficient (Wildman–Crippen LogP) is 4.28. The molecule has 4 N–H and O–H groups in total. The summed E-state index contributed by atoms with van der Waals surface area (Å²) in [6.07, 6.45) is 1.52. The fourth-order valence-electron chi connectivity index (χ4n) is 4.13. The van der Waals surface area contributed by atoms with E-state index in [4.69, 9.17) is 29.4 Å². The molecule has 0 amide bonds. The number of aromatic amines is 1. The molecule has 0 aliphatic heterocycles. The van der Waals surface area contributed by atoms with E-state index in [0.29, 0.717) is 52.8 Å². The Morgan fingerprint density at radius 1 is 0.917 bits per heavy atom. The van der Waals surface area contributed by atoms with Crippen molar-refractivity contribution in [3.8, 4) is 28.5 Å². The van der Waals surface area contributed by atoms with Gasteiger partial charge in [-0.15, -0.1) is 0 Å². The summed E-state index contributed by atoms with van der Waals surface area (Å²) in [4.78, 5) is 0. The van der Waals surface area contributed by atoms with Crippen LogP contribution in [0.15, 0.2) is 36.4 Å². The number of nitrogens with one attached hydrogen (secondary N) is 2. The molecule has 0 saturated carbocycles. The summed E-state index contributed by atoms with van der Waals surface area (Å²) >= 11 is 0. The second kappa shape index (κ2) is 13.2. The van der Waals surface area contributed by atoms with Crippen LogP contribution in [-0.2, 0) is 15.9 Å². The first kappa shape index (κ1) is 25.8. The molecule has 0 spiro atoms. The molecule has 1 aliphatic carbocycles. The molecule has 2 aromatic carbocycles. The second-order valence-electron chi connectivity index (χ2n) is 8.29. The molecule has 3 aromatic rings. The molecule has 0 atom stereocenters. The number of aromatic nitrogens is 2. The van der Waals surface area contributed by atoms with Crippen molar-refractivity contribution in [3.63, 3.8) is 0 Å². The highest BCUT2D eigenvalue weighted by atomic mass is 16.5. The van der Waals surface area contributed by atoms with Crippen molar-refractivity contribution in [2.45, 2.75) is 26.7 Å². The lowest BCUT2D eigenvalue weighted by atomic mass is 10.1. The van der Waals surface area contributed by atoms with Crippen molar-refractivity contribution < 1.29 is 23.7 Å². The summed E-state index contributed by atoms with van der Waals surface area (Å²) < 4.78 is 28.5. The number of ether oxygens (including phenoxy) is 5. The highest BCUT2D eigenvalue weighted by molar-refractivity contribution is 5.81. The third kappa shape index (κ3) is 6.48. The van der Waals surface area contributed by atoms with E-state index >= 15 is 0 Å². The zero-order valence-electron chi connectivity index (χ0n) is 21.1. The van der Waals surface area contributed by atoms with Crippen LogP contribution >= 0.6 is 0 Å². The summed E-state index contributed by atoms with van der Waals surface area (Å²) in [6, 6.07) is 12.0. The normalized spacial score (nSPS) is 11.8. The van der Waals surface area contributed by atoms with E-state index in [9.17, 15) is 0 Å². The van der Waals surface area contributed by atoms with E-state index in [1.165, 1.54) is 5.56 Å². The van der Waals surface area contributed by atoms with E-state index in [1.54, 1.807) is 0 Å². The summed E-state index contributed by atoms with van der Waals surface area (Å²) in [7, 11) is 0. The lowest BCUT2D eigenvalue weighted by Gasteiger charge is -2.14. The average Bonchev–Trinajstić information content (AvgIpc) is 3.43. The molecular formula is C27H36N4O5. The molecule has 9 heteroatoms.